The third kappa shape index (κ3) is 5.31. The Kier molecular flexibility index (Phi) is 7.37. The van der Waals surface area contributed by atoms with Gasteiger partial charge in [-0.1, -0.05) is 48.5 Å². The van der Waals surface area contributed by atoms with Crippen LogP contribution >= 0.6 is 0 Å². The predicted molar refractivity (Wildman–Crippen MR) is 127 cm³/mol. The Balaban J connectivity index is 1.43. The number of ether oxygens (including phenoxy) is 3. The molecular weight excluding hydrogens is 452 g/mol. The molecule has 2 atom stereocenters. The molecule has 2 aromatic rings. The number of amides is 2. The number of carbonyl (C=O) groups excluding carboxylic acids is 2. The molecule has 35 heavy (non-hydrogen) atoms. The minimum Gasteiger partial charge on any atom is -0.481 e. The minimum atomic E-state index is -1.39. The van der Waals surface area contributed by atoms with E-state index in [1.54, 1.807) is 6.92 Å². The Morgan fingerprint density at radius 2 is 1.74 bits per heavy atom. The highest BCUT2D eigenvalue weighted by Gasteiger charge is 2.41. The maximum Gasteiger partial charge on any atom is 0.408 e. The van der Waals surface area contributed by atoms with Crippen LogP contribution in [0, 0.1) is 0 Å². The molecule has 1 heterocycles. The van der Waals surface area contributed by atoms with Gasteiger partial charge in [-0.15, -0.1) is 0 Å². The number of methoxy groups -OCH3 is 1. The quantitative estimate of drug-likeness (QED) is 0.594. The van der Waals surface area contributed by atoms with Gasteiger partial charge in [0.2, 0.25) is 0 Å². The summed E-state index contributed by atoms with van der Waals surface area (Å²) in [5.41, 5.74) is 3.05. The molecule has 0 radical (unpaired) electrons. The molecule has 0 spiro atoms. The molecule has 1 saturated heterocycles. The van der Waals surface area contributed by atoms with Crippen LogP contribution in [0.2, 0.25) is 0 Å². The monoisotopic (exact) mass is 482 g/mol. The number of fused-ring (bicyclic) bond motifs is 3. The fraction of sp³-hybridized carbons (Fsp3) is 0.423. The van der Waals surface area contributed by atoms with Gasteiger partial charge >= 0.3 is 12.1 Å². The summed E-state index contributed by atoms with van der Waals surface area (Å²) in [6, 6.07) is 16.1. The molecule has 2 aliphatic rings. The van der Waals surface area contributed by atoms with Gasteiger partial charge in [0.05, 0.1) is 25.7 Å². The molecule has 0 aromatic heterocycles. The highest BCUT2D eigenvalue weighted by molar-refractivity contribution is 5.90. The molecule has 1 fully saturated rings. The van der Waals surface area contributed by atoms with Crippen molar-refractivity contribution in [2.24, 2.45) is 0 Å². The largest absolute Gasteiger partial charge is 0.481 e. The summed E-state index contributed by atoms with van der Waals surface area (Å²) in [7, 11) is 1.44. The van der Waals surface area contributed by atoms with Crippen molar-refractivity contribution in [3.63, 3.8) is 0 Å². The van der Waals surface area contributed by atoms with Crippen LogP contribution in [0.5, 0.6) is 0 Å². The summed E-state index contributed by atoms with van der Waals surface area (Å²) in [6.07, 6.45) is -1.54. The topological polar surface area (TPSA) is 114 Å². The smallest absolute Gasteiger partial charge is 0.408 e. The number of hydrogen-bond acceptors (Lipinski definition) is 6. The fourth-order valence-corrected chi connectivity index (χ4v) is 4.87. The lowest BCUT2D eigenvalue weighted by molar-refractivity contribution is -0.152. The first-order valence-corrected chi connectivity index (χ1v) is 11.6. The lowest BCUT2D eigenvalue weighted by Crippen LogP contribution is -2.62. The third-order valence-electron chi connectivity index (χ3n) is 6.45. The molecule has 2 aromatic carbocycles. The second kappa shape index (κ2) is 10.5. The Hall–Kier alpha value is -3.43. The molecular formula is C26H30N2O7. The number of aliphatic carboxylic acids is 1. The molecule has 0 bridgehead atoms. The zero-order valence-corrected chi connectivity index (χ0v) is 19.9. The van der Waals surface area contributed by atoms with Gasteiger partial charge in [-0.25, -0.2) is 4.79 Å². The van der Waals surface area contributed by atoms with Crippen molar-refractivity contribution >= 4 is 18.0 Å². The molecule has 2 N–H and O–H groups in total. The van der Waals surface area contributed by atoms with E-state index >= 15 is 0 Å². The SMILES string of the molecule is COCC(C)(NC(=O)OCC1c2ccccc2-c2ccccc21)C(=O)N1CCOC(CC(=O)O)C1. The van der Waals surface area contributed by atoms with E-state index in [-0.39, 0.29) is 44.6 Å². The van der Waals surface area contributed by atoms with E-state index < -0.39 is 23.7 Å². The first-order valence-electron chi connectivity index (χ1n) is 11.6. The number of benzene rings is 2. The number of nitrogens with one attached hydrogen (secondary N) is 1. The zero-order chi connectivity index (χ0) is 25.0. The molecule has 9 heteroatoms. The van der Waals surface area contributed by atoms with Gasteiger partial charge in [-0.2, -0.15) is 0 Å². The van der Waals surface area contributed by atoms with Crippen LogP contribution in [0.3, 0.4) is 0 Å². The van der Waals surface area contributed by atoms with Crippen LogP contribution in [0.4, 0.5) is 4.79 Å². The third-order valence-corrected chi connectivity index (χ3v) is 6.45. The molecule has 2 amide bonds. The number of carboxylic acids is 1. The van der Waals surface area contributed by atoms with Crippen molar-refractivity contribution in [1.29, 1.82) is 0 Å². The van der Waals surface area contributed by atoms with E-state index in [0.29, 0.717) is 6.54 Å². The zero-order valence-electron chi connectivity index (χ0n) is 19.9. The molecule has 9 nitrogen and oxygen atoms in total. The minimum absolute atomic E-state index is 0.0724. The van der Waals surface area contributed by atoms with Crippen molar-refractivity contribution in [2.75, 3.05) is 40.0 Å². The predicted octanol–water partition coefficient (Wildman–Crippen LogP) is 2.63. The van der Waals surface area contributed by atoms with Crippen molar-refractivity contribution in [2.45, 2.75) is 30.9 Å². The van der Waals surface area contributed by atoms with E-state index in [0.717, 1.165) is 22.3 Å². The fourth-order valence-electron chi connectivity index (χ4n) is 4.87. The Morgan fingerprint density at radius 1 is 1.11 bits per heavy atom. The second-order valence-corrected chi connectivity index (χ2v) is 9.06. The van der Waals surface area contributed by atoms with Gasteiger partial charge in [0.15, 0.2) is 0 Å². The standard InChI is InChI=1S/C26H30N2O7/c1-26(16-33-2,24(31)28-11-12-34-17(14-28)13-23(29)30)27-25(32)35-15-22-20-9-5-3-7-18(20)19-8-4-6-10-21(19)22/h3-10,17,22H,11-16H2,1-2H3,(H,27,32)(H,29,30). The average molecular weight is 483 g/mol. The van der Waals surface area contributed by atoms with E-state index in [4.69, 9.17) is 19.3 Å². The first kappa shape index (κ1) is 24.7. The van der Waals surface area contributed by atoms with E-state index in [9.17, 15) is 14.4 Å². The number of nitrogens with zero attached hydrogens (tertiary/aromatic N) is 1. The normalized spacial score (nSPS) is 18.8. The summed E-state index contributed by atoms with van der Waals surface area (Å²) < 4.78 is 16.3. The molecule has 1 aliphatic carbocycles. The molecule has 1 aliphatic heterocycles. The van der Waals surface area contributed by atoms with Gasteiger partial charge in [-0.3, -0.25) is 9.59 Å². The lowest BCUT2D eigenvalue weighted by Gasteiger charge is -2.38. The summed E-state index contributed by atoms with van der Waals surface area (Å²) >= 11 is 0. The molecule has 0 saturated carbocycles. The molecule has 4 rings (SSSR count). The van der Waals surface area contributed by atoms with E-state index in [1.165, 1.54) is 12.0 Å². The number of morpholine rings is 1. The maximum absolute atomic E-state index is 13.3. The van der Waals surface area contributed by atoms with Crippen molar-refractivity contribution in [3.8, 4) is 11.1 Å². The number of carboxylic acid groups (broad SMARTS) is 1. The van der Waals surface area contributed by atoms with Crippen LogP contribution in [0.25, 0.3) is 11.1 Å². The van der Waals surface area contributed by atoms with Crippen molar-refractivity contribution < 1.29 is 33.7 Å². The van der Waals surface area contributed by atoms with Gasteiger partial charge in [0.1, 0.15) is 12.1 Å². The Labute approximate surface area is 204 Å². The average Bonchev–Trinajstić information content (AvgIpc) is 3.16. The Morgan fingerprint density at radius 3 is 2.34 bits per heavy atom. The summed E-state index contributed by atoms with van der Waals surface area (Å²) in [4.78, 5) is 38.7. The summed E-state index contributed by atoms with van der Waals surface area (Å²) in [5, 5.41) is 11.7. The van der Waals surface area contributed by atoms with Gasteiger partial charge in [-0.05, 0) is 29.2 Å². The highest BCUT2D eigenvalue weighted by atomic mass is 16.5. The first-order chi connectivity index (χ1) is 16.8. The Bertz CT molecular complexity index is 1060. The summed E-state index contributed by atoms with van der Waals surface area (Å²) in [5.74, 6) is -1.49. The highest BCUT2D eigenvalue weighted by Crippen LogP contribution is 2.44. The van der Waals surface area contributed by atoms with Gasteiger partial charge in [0.25, 0.3) is 5.91 Å². The number of rotatable bonds is 8. The van der Waals surface area contributed by atoms with Crippen LogP contribution < -0.4 is 5.32 Å². The molecule has 2 unspecified atom stereocenters. The van der Waals surface area contributed by atoms with E-state index in [1.807, 2.05) is 36.4 Å². The lowest BCUT2D eigenvalue weighted by atomic mass is 9.98. The van der Waals surface area contributed by atoms with E-state index in [2.05, 4.69) is 17.4 Å². The number of carbonyl (C=O) groups is 3. The maximum atomic E-state index is 13.3. The van der Waals surface area contributed by atoms with Crippen LogP contribution in [-0.2, 0) is 23.8 Å². The summed E-state index contributed by atoms with van der Waals surface area (Å²) in [6.45, 7) is 2.25. The molecule has 186 valence electrons. The van der Waals surface area contributed by atoms with Crippen LogP contribution in [0.15, 0.2) is 48.5 Å². The van der Waals surface area contributed by atoms with Crippen LogP contribution in [-0.4, -0.2) is 79.6 Å². The number of hydrogen-bond donors (Lipinski definition) is 2. The van der Waals surface area contributed by atoms with Gasteiger partial charge < -0.3 is 29.5 Å². The van der Waals surface area contributed by atoms with Crippen molar-refractivity contribution in [3.05, 3.63) is 59.7 Å². The van der Waals surface area contributed by atoms with Crippen molar-refractivity contribution in [1.82, 2.24) is 10.2 Å². The number of alkyl carbamates (subject to hydrolysis) is 1. The van der Waals surface area contributed by atoms with Gasteiger partial charge in [0, 0.05) is 26.1 Å². The van der Waals surface area contributed by atoms with Crippen LogP contribution in [0.1, 0.15) is 30.4 Å². The second-order valence-electron chi connectivity index (χ2n) is 9.06.